The third kappa shape index (κ3) is 1.65. The predicted octanol–water partition coefficient (Wildman–Crippen LogP) is 1.13. The van der Waals surface area contributed by atoms with Crippen LogP contribution in [0.5, 0.6) is 0 Å². The Kier molecular flexibility index (Phi) is 2.15. The van der Waals surface area contributed by atoms with Crippen LogP contribution in [0.2, 0.25) is 0 Å². The lowest BCUT2D eigenvalue weighted by atomic mass is 10.2. The lowest BCUT2D eigenvalue weighted by molar-refractivity contribution is -0.107. The Balaban J connectivity index is 2.84. The Morgan fingerprint density at radius 3 is 3.10 bits per heavy atom. The largest absolute Gasteiger partial charge is 0.303 e. The average molecular weight is 135 g/mol. The standard InChI is InChI=1S/C8H9NO/c1-7-2-4-9-8(6-7)3-5-10/h2,4-6H,3H2,1H3. The van der Waals surface area contributed by atoms with Gasteiger partial charge < -0.3 is 4.79 Å². The zero-order valence-electron chi connectivity index (χ0n) is 5.87. The van der Waals surface area contributed by atoms with Gasteiger partial charge in [-0.3, -0.25) is 4.98 Å². The first kappa shape index (κ1) is 6.93. The monoisotopic (exact) mass is 135 g/mol. The Hall–Kier alpha value is -1.18. The molecule has 52 valence electrons. The lowest BCUT2D eigenvalue weighted by Crippen LogP contribution is -1.90. The molecule has 1 heterocycles. The van der Waals surface area contributed by atoms with Gasteiger partial charge in [0, 0.05) is 18.3 Å². The average Bonchev–Trinajstić information content (AvgIpc) is 1.88. The molecule has 1 rings (SSSR count). The molecule has 2 nitrogen and oxygen atoms in total. The summed E-state index contributed by atoms with van der Waals surface area (Å²) in [7, 11) is 0. The Bertz CT molecular complexity index is 232. The van der Waals surface area contributed by atoms with Crippen molar-refractivity contribution in [2.24, 2.45) is 0 Å². The number of aldehydes is 1. The number of nitrogens with zero attached hydrogens (tertiary/aromatic N) is 1. The third-order valence-electron chi connectivity index (χ3n) is 1.26. The zero-order valence-corrected chi connectivity index (χ0v) is 5.87. The minimum Gasteiger partial charge on any atom is -0.303 e. The van der Waals surface area contributed by atoms with Crippen molar-refractivity contribution in [1.29, 1.82) is 0 Å². The molecule has 0 aliphatic heterocycles. The van der Waals surface area contributed by atoms with Crippen molar-refractivity contribution in [2.75, 3.05) is 0 Å². The van der Waals surface area contributed by atoms with Gasteiger partial charge in [-0.05, 0) is 24.6 Å². The van der Waals surface area contributed by atoms with Gasteiger partial charge in [-0.1, -0.05) is 0 Å². The second-order valence-corrected chi connectivity index (χ2v) is 2.20. The van der Waals surface area contributed by atoms with Gasteiger partial charge in [0.1, 0.15) is 6.29 Å². The number of hydrogen-bond acceptors (Lipinski definition) is 2. The first-order valence-corrected chi connectivity index (χ1v) is 3.18. The van der Waals surface area contributed by atoms with E-state index in [0.29, 0.717) is 6.42 Å². The summed E-state index contributed by atoms with van der Waals surface area (Å²) in [6, 6.07) is 3.82. The van der Waals surface area contributed by atoms with Crippen LogP contribution in [0, 0.1) is 6.92 Å². The molecule has 1 aromatic heterocycles. The SMILES string of the molecule is Cc1ccnc(CC=O)c1. The van der Waals surface area contributed by atoms with Gasteiger partial charge in [-0.2, -0.15) is 0 Å². The maximum absolute atomic E-state index is 10.0. The molecule has 0 unspecified atom stereocenters. The number of aryl methyl sites for hydroxylation is 1. The minimum absolute atomic E-state index is 0.418. The van der Waals surface area contributed by atoms with Crippen LogP contribution in [0.15, 0.2) is 18.3 Å². The minimum atomic E-state index is 0.418. The van der Waals surface area contributed by atoms with E-state index in [1.54, 1.807) is 6.20 Å². The van der Waals surface area contributed by atoms with Gasteiger partial charge in [0.15, 0.2) is 0 Å². The maximum atomic E-state index is 10.0. The van der Waals surface area contributed by atoms with E-state index in [9.17, 15) is 4.79 Å². The normalized spacial score (nSPS) is 9.30. The van der Waals surface area contributed by atoms with Crippen molar-refractivity contribution in [3.05, 3.63) is 29.6 Å². The predicted molar refractivity (Wildman–Crippen MR) is 38.7 cm³/mol. The fraction of sp³-hybridized carbons (Fsp3) is 0.250. The second-order valence-electron chi connectivity index (χ2n) is 2.20. The molecule has 0 aliphatic carbocycles. The van der Waals surface area contributed by atoms with E-state index in [1.165, 1.54) is 0 Å². The first-order valence-electron chi connectivity index (χ1n) is 3.18. The topological polar surface area (TPSA) is 30.0 Å². The van der Waals surface area contributed by atoms with Gasteiger partial charge >= 0.3 is 0 Å². The molecule has 0 saturated heterocycles. The Morgan fingerprint density at radius 2 is 2.50 bits per heavy atom. The summed E-state index contributed by atoms with van der Waals surface area (Å²) >= 11 is 0. The van der Waals surface area contributed by atoms with E-state index < -0.39 is 0 Å². The van der Waals surface area contributed by atoms with Crippen LogP contribution in [0.1, 0.15) is 11.3 Å². The molecular formula is C8H9NO. The van der Waals surface area contributed by atoms with Crippen LogP contribution < -0.4 is 0 Å². The molecule has 0 N–H and O–H groups in total. The summed E-state index contributed by atoms with van der Waals surface area (Å²) in [5, 5.41) is 0. The molecule has 2 heteroatoms. The molecule has 0 aromatic carbocycles. The van der Waals surface area contributed by atoms with E-state index in [0.717, 1.165) is 17.5 Å². The Labute approximate surface area is 59.9 Å². The lowest BCUT2D eigenvalue weighted by Gasteiger charge is -1.93. The number of rotatable bonds is 2. The second kappa shape index (κ2) is 3.11. The van der Waals surface area contributed by atoms with Crippen LogP contribution in [-0.2, 0) is 11.2 Å². The zero-order chi connectivity index (χ0) is 7.40. The van der Waals surface area contributed by atoms with Crippen molar-refractivity contribution in [3.8, 4) is 0 Å². The summed E-state index contributed by atoms with van der Waals surface area (Å²) in [6.45, 7) is 1.98. The van der Waals surface area contributed by atoms with Gasteiger partial charge in [0.05, 0.1) is 0 Å². The summed E-state index contributed by atoms with van der Waals surface area (Å²) in [4.78, 5) is 14.0. The Morgan fingerprint density at radius 1 is 1.70 bits per heavy atom. The quantitative estimate of drug-likeness (QED) is 0.569. The molecule has 0 atom stereocenters. The van der Waals surface area contributed by atoms with E-state index in [2.05, 4.69) is 4.98 Å². The van der Waals surface area contributed by atoms with E-state index in [-0.39, 0.29) is 0 Å². The molecule has 0 amide bonds. The molecule has 0 aliphatic rings. The van der Waals surface area contributed by atoms with Crippen molar-refractivity contribution in [2.45, 2.75) is 13.3 Å². The fourth-order valence-electron chi connectivity index (χ4n) is 0.796. The van der Waals surface area contributed by atoms with Crippen molar-refractivity contribution in [1.82, 2.24) is 4.98 Å². The molecule has 0 bridgehead atoms. The van der Waals surface area contributed by atoms with Crippen LogP contribution >= 0.6 is 0 Å². The van der Waals surface area contributed by atoms with Gasteiger partial charge in [0.2, 0.25) is 0 Å². The molecular weight excluding hydrogens is 126 g/mol. The molecule has 1 aromatic rings. The van der Waals surface area contributed by atoms with E-state index in [4.69, 9.17) is 0 Å². The molecule has 0 spiro atoms. The van der Waals surface area contributed by atoms with Gasteiger partial charge in [-0.15, -0.1) is 0 Å². The number of carbonyl (C=O) groups excluding carboxylic acids is 1. The van der Waals surface area contributed by atoms with Gasteiger partial charge in [-0.25, -0.2) is 0 Å². The van der Waals surface area contributed by atoms with Crippen molar-refractivity contribution < 1.29 is 4.79 Å². The number of carbonyl (C=O) groups is 1. The summed E-state index contributed by atoms with van der Waals surface area (Å²) in [5.41, 5.74) is 1.99. The number of hydrogen-bond donors (Lipinski definition) is 0. The van der Waals surface area contributed by atoms with Crippen LogP contribution in [-0.4, -0.2) is 11.3 Å². The van der Waals surface area contributed by atoms with E-state index >= 15 is 0 Å². The van der Waals surface area contributed by atoms with E-state index in [1.807, 2.05) is 19.1 Å². The molecule has 0 saturated carbocycles. The third-order valence-corrected chi connectivity index (χ3v) is 1.26. The summed E-state index contributed by atoms with van der Waals surface area (Å²) < 4.78 is 0. The highest BCUT2D eigenvalue weighted by molar-refractivity contribution is 5.53. The van der Waals surface area contributed by atoms with Crippen LogP contribution in [0.4, 0.5) is 0 Å². The fourth-order valence-corrected chi connectivity index (χ4v) is 0.796. The highest BCUT2D eigenvalue weighted by Gasteiger charge is 1.90. The van der Waals surface area contributed by atoms with Crippen molar-refractivity contribution >= 4 is 6.29 Å². The van der Waals surface area contributed by atoms with Gasteiger partial charge in [0.25, 0.3) is 0 Å². The summed E-state index contributed by atoms with van der Waals surface area (Å²) in [5.74, 6) is 0. The first-order chi connectivity index (χ1) is 4.83. The summed E-state index contributed by atoms with van der Waals surface area (Å²) in [6.07, 6.45) is 3.00. The van der Waals surface area contributed by atoms with Crippen LogP contribution in [0.25, 0.3) is 0 Å². The maximum Gasteiger partial charge on any atom is 0.125 e. The number of pyridine rings is 1. The molecule has 10 heavy (non-hydrogen) atoms. The molecule has 0 fully saturated rings. The highest BCUT2D eigenvalue weighted by atomic mass is 16.1. The highest BCUT2D eigenvalue weighted by Crippen LogP contribution is 1.98. The van der Waals surface area contributed by atoms with Crippen molar-refractivity contribution in [3.63, 3.8) is 0 Å². The number of aromatic nitrogens is 1. The molecule has 0 radical (unpaired) electrons. The van der Waals surface area contributed by atoms with Crippen LogP contribution in [0.3, 0.4) is 0 Å². The smallest absolute Gasteiger partial charge is 0.125 e.